The molecule has 0 saturated carbocycles. The van der Waals surface area contributed by atoms with E-state index in [0.717, 1.165) is 42.8 Å². The number of anilines is 1. The van der Waals surface area contributed by atoms with E-state index in [-0.39, 0.29) is 17.9 Å². The van der Waals surface area contributed by atoms with E-state index < -0.39 is 0 Å². The van der Waals surface area contributed by atoms with Gasteiger partial charge in [0.05, 0.1) is 11.3 Å². The highest BCUT2D eigenvalue weighted by Crippen LogP contribution is 2.27. The number of amides is 1. The summed E-state index contributed by atoms with van der Waals surface area (Å²) in [6.07, 6.45) is 5.39. The van der Waals surface area contributed by atoms with Crippen molar-refractivity contribution in [3.63, 3.8) is 0 Å². The number of carbonyl (C=O) groups excluding carboxylic acids is 1. The van der Waals surface area contributed by atoms with Crippen LogP contribution in [0.4, 0.5) is 5.82 Å². The Balaban J connectivity index is 1.80. The van der Waals surface area contributed by atoms with Crippen LogP contribution in [0.3, 0.4) is 0 Å². The Bertz CT molecular complexity index is 636. The van der Waals surface area contributed by atoms with Gasteiger partial charge in [0.2, 0.25) is 5.91 Å². The third-order valence-electron chi connectivity index (χ3n) is 3.86. The van der Waals surface area contributed by atoms with Crippen LogP contribution in [0.15, 0.2) is 18.6 Å². The summed E-state index contributed by atoms with van der Waals surface area (Å²) in [5, 5.41) is 4.03. The number of hydrogen-bond donors (Lipinski definition) is 2. The lowest BCUT2D eigenvalue weighted by molar-refractivity contribution is -0.125. The number of nitrogens with one attached hydrogen (secondary N) is 2. The Morgan fingerprint density at radius 3 is 3.14 bits per heavy atom. The minimum atomic E-state index is 0.0325. The average molecular weight is 287 g/mol. The fraction of sp³-hybridized carbons (Fsp3) is 0.533. The van der Waals surface area contributed by atoms with Crippen molar-refractivity contribution in [1.29, 1.82) is 0 Å². The second-order valence-electron chi connectivity index (χ2n) is 5.89. The van der Waals surface area contributed by atoms with Crippen molar-refractivity contribution < 1.29 is 4.79 Å². The maximum Gasteiger partial charge on any atom is 0.225 e. The van der Waals surface area contributed by atoms with Gasteiger partial charge in [-0.25, -0.2) is 9.97 Å². The van der Waals surface area contributed by atoms with Gasteiger partial charge in [-0.2, -0.15) is 0 Å². The molecule has 1 aliphatic heterocycles. The predicted octanol–water partition coefficient (Wildman–Crippen LogP) is 1.70. The summed E-state index contributed by atoms with van der Waals surface area (Å²) in [6, 6.07) is 2.17. The lowest BCUT2D eigenvalue weighted by atomic mass is 9.96. The second-order valence-corrected chi connectivity index (χ2v) is 5.89. The molecule has 0 unspecified atom stereocenters. The zero-order valence-electron chi connectivity index (χ0n) is 12.5. The molecule has 1 fully saturated rings. The minimum absolute atomic E-state index is 0.0325. The molecular weight excluding hydrogens is 266 g/mol. The van der Waals surface area contributed by atoms with E-state index in [1.807, 2.05) is 26.1 Å². The van der Waals surface area contributed by atoms with Crippen molar-refractivity contribution >= 4 is 22.8 Å². The molecule has 112 valence electrons. The van der Waals surface area contributed by atoms with Crippen LogP contribution in [0.2, 0.25) is 0 Å². The number of nitrogens with zero attached hydrogens (tertiary/aromatic N) is 3. The number of aromatic nitrogens is 3. The van der Waals surface area contributed by atoms with Crippen molar-refractivity contribution in [1.82, 2.24) is 20.3 Å². The molecule has 21 heavy (non-hydrogen) atoms. The quantitative estimate of drug-likeness (QED) is 0.901. The minimum Gasteiger partial charge on any atom is -0.355 e. The highest BCUT2D eigenvalue weighted by molar-refractivity contribution is 5.88. The van der Waals surface area contributed by atoms with Crippen LogP contribution in [0, 0.1) is 5.92 Å². The molecule has 6 nitrogen and oxygen atoms in total. The molecule has 1 atom stereocenters. The van der Waals surface area contributed by atoms with Gasteiger partial charge < -0.3 is 15.2 Å². The molecule has 0 spiro atoms. The number of piperidine rings is 1. The Morgan fingerprint density at radius 2 is 2.33 bits per heavy atom. The van der Waals surface area contributed by atoms with Crippen LogP contribution in [0.25, 0.3) is 11.0 Å². The molecule has 1 aliphatic rings. The second kappa shape index (κ2) is 5.71. The van der Waals surface area contributed by atoms with Gasteiger partial charge in [-0.15, -0.1) is 0 Å². The molecule has 0 radical (unpaired) electrons. The molecule has 1 saturated heterocycles. The molecule has 0 aromatic carbocycles. The molecule has 2 aromatic heterocycles. The van der Waals surface area contributed by atoms with Gasteiger partial charge in [-0.3, -0.25) is 4.79 Å². The van der Waals surface area contributed by atoms with Crippen LogP contribution < -0.4 is 10.2 Å². The van der Waals surface area contributed by atoms with E-state index in [2.05, 4.69) is 25.2 Å². The van der Waals surface area contributed by atoms with Crippen LogP contribution in [-0.2, 0) is 4.79 Å². The SMILES string of the molecule is CC(C)NC(=O)[C@@H]1CCCN(c2ncnc3[nH]ccc23)C1. The molecular formula is C15H21N5O. The first-order valence-electron chi connectivity index (χ1n) is 7.48. The van der Waals surface area contributed by atoms with Gasteiger partial charge >= 0.3 is 0 Å². The third kappa shape index (κ3) is 2.84. The van der Waals surface area contributed by atoms with E-state index in [9.17, 15) is 4.79 Å². The van der Waals surface area contributed by atoms with E-state index in [4.69, 9.17) is 0 Å². The van der Waals surface area contributed by atoms with Crippen LogP contribution in [0.5, 0.6) is 0 Å². The van der Waals surface area contributed by atoms with Gasteiger partial charge in [0.15, 0.2) is 0 Å². The van der Waals surface area contributed by atoms with Gasteiger partial charge in [0.25, 0.3) is 0 Å². The number of rotatable bonds is 3. The fourth-order valence-electron chi connectivity index (χ4n) is 2.90. The third-order valence-corrected chi connectivity index (χ3v) is 3.86. The summed E-state index contributed by atoms with van der Waals surface area (Å²) in [6.45, 7) is 5.64. The van der Waals surface area contributed by atoms with Crippen molar-refractivity contribution in [3.8, 4) is 0 Å². The molecule has 2 aromatic rings. The topological polar surface area (TPSA) is 73.9 Å². The largest absolute Gasteiger partial charge is 0.355 e. The summed E-state index contributed by atoms with van der Waals surface area (Å²) in [5.74, 6) is 1.10. The summed E-state index contributed by atoms with van der Waals surface area (Å²) >= 11 is 0. The lowest BCUT2D eigenvalue weighted by Crippen LogP contribution is -2.45. The van der Waals surface area contributed by atoms with Crippen LogP contribution in [0.1, 0.15) is 26.7 Å². The number of fused-ring (bicyclic) bond motifs is 1. The number of hydrogen-bond acceptors (Lipinski definition) is 4. The predicted molar refractivity (Wildman–Crippen MR) is 82.1 cm³/mol. The highest BCUT2D eigenvalue weighted by atomic mass is 16.2. The first kappa shape index (κ1) is 13.9. The molecule has 1 amide bonds. The molecule has 2 N–H and O–H groups in total. The summed E-state index contributed by atoms with van der Waals surface area (Å²) < 4.78 is 0. The molecule has 6 heteroatoms. The number of aromatic amines is 1. The van der Waals surface area contributed by atoms with E-state index in [0.29, 0.717) is 0 Å². The van der Waals surface area contributed by atoms with Gasteiger partial charge in [-0.05, 0) is 32.8 Å². The number of H-pyrrole nitrogens is 1. The highest BCUT2D eigenvalue weighted by Gasteiger charge is 2.27. The average Bonchev–Trinajstić information content (AvgIpc) is 2.95. The summed E-state index contributed by atoms with van der Waals surface area (Å²) in [4.78, 5) is 26.2. The maximum absolute atomic E-state index is 12.2. The van der Waals surface area contributed by atoms with Crippen LogP contribution in [-0.4, -0.2) is 40.0 Å². The van der Waals surface area contributed by atoms with E-state index in [1.165, 1.54) is 0 Å². The van der Waals surface area contributed by atoms with Gasteiger partial charge in [-0.1, -0.05) is 0 Å². The summed E-state index contributed by atoms with van der Waals surface area (Å²) in [5.41, 5.74) is 0.841. The van der Waals surface area contributed by atoms with Crippen molar-refractivity contribution in [2.45, 2.75) is 32.7 Å². The Hall–Kier alpha value is -2.11. The normalized spacial score (nSPS) is 19.2. The molecule has 3 rings (SSSR count). The maximum atomic E-state index is 12.2. The molecule has 3 heterocycles. The first-order valence-corrected chi connectivity index (χ1v) is 7.48. The Kier molecular flexibility index (Phi) is 3.77. The monoisotopic (exact) mass is 287 g/mol. The van der Waals surface area contributed by atoms with Crippen molar-refractivity contribution in [2.75, 3.05) is 18.0 Å². The van der Waals surface area contributed by atoms with Crippen molar-refractivity contribution in [3.05, 3.63) is 18.6 Å². The van der Waals surface area contributed by atoms with E-state index in [1.54, 1.807) is 6.33 Å². The Morgan fingerprint density at radius 1 is 1.48 bits per heavy atom. The lowest BCUT2D eigenvalue weighted by Gasteiger charge is -2.33. The standard InChI is InChI=1S/C15H21N5O/c1-10(2)19-15(21)11-4-3-7-20(8-11)14-12-5-6-16-13(12)17-9-18-14/h5-6,9-11H,3-4,7-8H2,1-2H3,(H,19,21)(H,16,17,18)/t11-/m1/s1. The van der Waals surface area contributed by atoms with Gasteiger partial charge in [0.1, 0.15) is 17.8 Å². The Labute approximate surface area is 124 Å². The smallest absolute Gasteiger partial charge is 0.225 e. The first-order chi connectivity index (χ1) is 10.1. The van der Waals surface area contributed by atoms with Crippen molar-refractivity contribution in [2.24, 2.45) is 5.92 Å². The van der Waals surface area contributed by atoms with Gasteiger partial charge in [0, 0.05) is 25.3 Å². The molecule has 0 bridgehead atoms. The van der Waals surface area contributed by atoms with Crippen LogP contribution >= 0.6 is 0 Å². The fourth-order valence-corrected chi connectivity index (χ4v) is 2.90. The molecule has 0 aliphatic carbocycles. The zero-order chi connectivity index (χ0) is 14.8. The number of carbonyl (C=O) groups is 1. The summed E-state index contributed by atoms with van der Waals surface area (Å²) in [7, 11) is 0. The van der Waals surface area contributed by atoms with E-state index >= 15 is 0 Å². The zero-order valence-corrected chi connectivity index (χ0v) is 12.5.